The van der Waals surface area contributed by atoms with E-state index in [4.69, 9.17) is 14.9 Å². The van der Waals surface area contributed by atoms with Gasteiger partial charge in [-0.1, -0.05) is 13.0 Å². The summed E-state index contributed by atoms with van der Waals surface area (Å²) in [6.07, 6.45) is 0.518. The van der Waals surface area contributed by atoms with Gasteiger partial charge in [0.15, 0.2) is 0 Å². The zero-order valence-corrected chi connectivity index (χ0v) is 10.8. The van der Waals surface area contributed by atoms with Crippen molar-refractivity contribution >= 4 is 0 Å². The molecule has 1 aromatic carbocycles. The van der Waals surface area contributed by atoms with E-state index in [1.165, 1.54) is 12.1 Å². The number of ether oxygens (including phenoxy) is 1. The van der Waals surface area contributed by atoms with E-state index in [1.807, 2.05) is 6.92 Å². The Morgan fingerprint density at radius 1 is 1.32 bits per heavy atom. The zero-order valence-electron chi connectivity index (χ0n) is 10.8. The third-order valence-corrected chi connectivity index (χ3v) is 3.84. The topological polar surface area (TPSA) is 53.0 Å². The second-order valence-electron chi connectivity index (χ2n) is 5.17. The molecule has 2 atom stereocenters. The standard InChI is InChI=1S/C14H18F2O3/c1-9(4-10(6-17)7-18)14(8-19-14)12-3-2-11(15)5-13(12)16/h2-3,5,9-10,17-18H,4,6-8H2,1H3/t9-,14+/m0/s1. The van der Waals surface area contributed by atoms with Gasteiger partial charge in [-0.25, -0.2) is 8.78 Å². The van der Waals surface area contributed by atoms with E-state index in [0.717, 1.165) is 6.07 Å². The van der Waals surface area contributed by atoms with Gasteiger partial charge in [0.25, 0.3) is 0 Å². The fourth-order valence-corrected chi connectivity index (χ4v) is 2.51. The van der Waals surface area contributed by atoms with E-state index in [1.54, 1.807) is 0 Å². The minimum atomic E-state index is -0.750. The molecule has 2 N–H and O–H groups in total. The maximum absolute atomic E-state index is 13.8. The first-order chi connectivity index (χ1) is 9.03. The van der Waals surface area contributed by atoms with Crippen LogP contribution in [0, 0.1) is 23.5 Å². The van der Waals surface area contributed by atoms with Crippen LogP contribution in [0.4, 0.5) is 8.78 Å². The van der Waals surface area contributed by atoms with Gasteiger partial charge in [-0.15, -0.1) is 0 Å². The molecule has 0 aromatic heterocycles. The lowest BCUT2D eigenvalue weighted by Crippen LogP contribution is -2.26. The molecule has 0 saturated carbocycles. The van der Waals surface area contributed by atoms with Gasteiger partial charge in [0.1, 0.15) is 17.2 Å². The van der Waals surface area contributed by atoms with E-state index in [9.17, 15) is 8.78 Å². The SMILES string of the molecule is C[C@@H](CC(CO)CO)[C@@]1(c2ccc(F)cc2F)CO1. The first kappa shape index (κ1) is 14.4. The second kappa shape index (κ2) is 5.53. The smallest absolute Gasteiger partial charge is 0.132 e. The number of benzene rings is 1. The maximum atomic E-state index is 13.8. The van der Waals surface area contributed by atoms with Crippen molar-refractivity contribution in [3.05, 3.63) is 35.4 Å². The molecular weight excluding hydrogens is 254 g/mol. The Balaban J connectivity index is 2.18. The molecule has 0 unspecified atom stereocenters. The lowest BCUT2D eigenvalue weighted by atomic mass is 9.81. The minimum absolute atomic E-state index is 0.0724. The third kappa shape index (κ3) is 2.78. The Labute approximate surface area is 110 Å². The van der Waals surface area contributed by atoms with Crippen molar-refractivity contribution in [2.75, 3.05) is 19.8 Å². The highest BCUT2D eigenvalue weighted by Gasteiger charge is 2.52. The molecule has 106 valence electrons. The number of rotatable bonds is 6. The van der Waals surface area contributed by atoms with Crippen LogP contribution < -0.4 is 0 Å². The van der Waals surface area contributed by atoms with Gasteiger partial charge < -0.3 is 14.9 Å². The minimum Gasteiger partial charge on any atom is -0.396 e. The fraction of sp³-hybridized carbons (Fsp3) is 0.571. The predicted octanol–water partition coefficient (Wildman–Crippen LogP) is 1.82. The molecule has 0 amide bonds. The summed E-state index contributed by atoms with van der Waals surface area (Å²) in [5, 5.41) is 18.2. The van der Waals surface area contributed by atoms with Crippen molar-refractivity contribution in [3.63, 3.8) is 0 Å². The molecule has 1 fully saturated rings. The lowest BCUT2D eigenvalue weighted by molar-refractivity contribution is 0.109. The third-order valence-electron chi connectivity index (χ3n) is 3.84. The molecule has 3 nitrogen and oxygen atoms in total. The summed E-state index contributed by atoms with van der Waals surface area (Å²) in [6, 6.07) is 3.46. The molecule has 1 aliphatic heterocycles. The molecule has 1 aromatic rings. The van der Waals surface area contributed by atoms with E-state index >= 15 is 0 Å². The summed E-state index contributed by atoms with van der Waals surface area (Å²) >= 11 is 0. The van der Waals surface area contributed by atoms with E-state index in [2.05, 4.69) is 0 Å². The molecule has 19 heavy (non-hydrogen) atoms. The largest absolute Gasteiger partial charge is 0.396 e. The van der Waals surface area contributed by atoms with Gasteiger partial charge in [-0.3, -0.25) is 0 Å². The van der Waals surface area contributed by atoms with Crippen LogP contribution in [0.1, 0.15) is 18.9 Å². The van der Waals surface area contributed by atoms with Gasteiger partial charge in [0.2, 0.25) is 0 Å². The number of hydrogen-bond acceptors (Lipinski definition) is 3. The molecule has 2 rings (SSSR count). The maximum Gasteiger partial charge on any atom is 0.132 e. The lowest BCUT2D eigenvalue weighted by Gasteiger charge is -2.24. The molecule has 0 aliphatic carbocycles. The van der Waals surface area contributed by atoms with Crippen LogP contribution in [0.15, 0.2) is 18.2 Å². The van der Waals surface area contributed by atoms with Crippen molar-refractivity contribution in [2.45, 2.75) is 18.9 Å². The van der Waals surface area contributed by atoms with Crippen LogP contribution in [0.3, 0.4) is 0 Å². The Hall–Kier alpha value is -1.04. The molecule has 1 heterocycles. The van der Waals surface area contributed by atoms with Crippen LogP contribution >= 0.6 is 0 Å². The van der Waals surface area contributed by atoms with Crippen LogP contribution in [-0.4, -0.2) is 30.0 Å². The first-order valence-electron chi connectivity index (χ1n) is 6.34. The predicted molar refractivity (Wildman–Crippen MR) is 65.4 cm³/mol. The van der Waals surface area contributed by atoms with Crippen LogP contribution in [-0.2, 0) is 10.3 Å². The van der Waals surface area contributed by atoms with Crippen molar-refractivity contribution in [2.24, 2.45) is 11.8 Å². The number of aliphatic hydroxyl groups excluding tert-OH is 2. The number of hydrogen-bond donors (Lipinski definition) is 2. The van der Waals surface area contributed by atoms with Crippen molar-refractivity contribution in [3.8, 4) is 0 Å². The molecule has 0 spiro atoms. The highest BCUT2D eigenvalue weighted by atomic mass is 19.1. The van der Waals surface area contributed by atoms with Crippen molar-refractivity contribution < 1.29 is 23.7 Å². The fourth-order valence-electron chi connectivity index (χ4n) is 2.51. The van der Waals surface area contributed by atoms with E-state index in [-0.39, 0.29) is 25.0 Å². The molecule has 1 saturated heterocycles. The Morgan fingerprint density at radius 2 is 1.95 bits per heavy atom. The normalized spacial score (nSPS) is 23.7. The van der Waals surface area contributed by atoms with Crippen LogP contribution in [0.5, 0.6) is 0 Å². The summed E-state index contributed by atoms with van der Waals surface area (Å²) in [5.41, 5.74) is -0.406. The van der Waals surface area contributed by atoms with Gasteiger partial charge in [0, 0.05) is 30.8 Å². The summed E-state index contributed by atoms with van der Waals surface area (Å²) in [5.74, 6) is -1.56. The van der Waals surface area contributed by atoms with E-state index < -0.39 is 17.2 Å². The summed E-state index contributed by atoms with van der Waals surface area (Å²) in [7, 11) is 0. The zero-order chi connectivity index (χ0) is 14.0. The average Bonchev–Trinajstić information content (AvgIpc) is 3.17. The summed E-state index contributed by atoms with van der Waals surface area (Å²) < 4.78 is 32.2. The first-order valence-corrected chi connectivity index (χ1v) is 6.34. The summed E-state index contributed by atoms with van der Waals surface area (Å²) in [6.45, 7) is 2.01. The van der Waals surface area contributed by atoms with Gasteiger partial charge in [-0.2, -0.15) is 0 Å². The average molecular weight is 272 g/mol. The monoisotopic (exact) mass is 272 g/mol. The van der Waals surface area contributed by atoms with Crippen LogP contribution in [0.2, 0.25) is 0 Å². The number of aliphatic hydroxyl groups is 2. The van der Waals surface area contributed by atoms with Crippen molar-refractivity contribution in [1.29, 1.82) is 0 Å². The molecule has 5 heteroatoms. The highest BCUT2D eigenvalue weighted by molar-refractivity contribution is 5.30. The molecular formula is C14H18F2O3. The second-order valence-corrected chi connectivity index (χ2v) is 5.17. The molecule has 1 aliphatic rings. The Bertz CT molecular complexity index is 442. The number of epoxide rings is 1. The van der Waals surface area contributed by atoms with Crippen molar-refractivity contribution in [1.82, 2.24) is 0 Å². The highest BCUT2D eigenvalue weighted by Crippen LogP contribution is 2.48. The van der Waals surface area contributed by atoms with Gasteiger partial charge in [-0.05, 0) is 18.4 Å². The summed E-state index contributed by atoms with van der Waals surface area (Å²) in [4.78, 5) is 0. The van der Waals surface area contributed by atoms with E-state index in [0.29, 0.717) is 18.6 Å². The van der Waals surface area contributed by atoms with Gasteiger partial charge in [0.05, 0.1) is 6.61 Å². The molecule has 0 radical (unpaired) electrons. The molecule has 0 bridgehead atoms. The number of halogens is 2. The Kier molecular flexibility index (Phi) is 4.18. The Morgan fingerprint density at radius 3 is 2.42 bits per heavy atom. The quantitative estimate of drug-likeness (QED) is 0.777. The van der Waals surface area contributed by atoms with Crippen LogP contribution in [0.25, 0.3) is 0 Å². The van der Waals surface area contributed by atoms with Gasteiger partial charge >= 0.3 is 0 Å².